The fraction of sp³-hybridized carbons (Fsp3) is 0.500. The van der Waals surface area contributed by atoms with Crippen LogP contribution in [0.1, 0.15) is 54.0 Å². The molecule has 0 saturated carbocycles. The highest BCUT2D eigenvalue weighted by molar-refractivity contribution is 5.72. The molecule has 8 heteroatoms. The maximum absolute atomic E-state index is 11.7. The van der Waals surface area contributed by atoms with Crippen LogP contribution in [0, 0.1) is 12.8 Å². The molecule has 0 aliphatic carbocycles. The van der Waals surface area contributed by atoms with Gasteiger partial charge in [0.25, 0.3) is 0 Å². The lowest BCUT2D eigenvalue weighted by atomic mass is 9.90. The van der Waals surface area contributed by atoms with Crippen LogP contribution in [0.15, 0.2) is 48.5 Å². The Morgan fingerprint density at radius 3 is 2.70 bits per heavy atom. The standard InChI is InChI=1S/C36H45N3O5/c1-4-26-19-25(20-27-10-14-38(21-31(26)27)28-12-16-43-17-13-28)23-44-33-9-8-24(2)18-30(33)32-6-5-7-35(37-32)39-15-11-29(36(40)41)34(22-39)42-3/h5-9,18-20,28-29,34H,4,10-17,21-23H2,1-3H3,(H,40,41)/t29-,34+/m0/s1. The Morgan fingerprint density at radius 1 is 1.09 bits per heavy atom. The zero-order valence-electron chi connectivity index (χ0n) is 26.3. The molecule has 0 unspecified atom stereocenters. The van der Waals surface area contributed by atoms with Gasteiger partial charge in [0.05, 0.1) is 17.7 Å². The number of hydrogen-bond acceptors (Lipinski definition) is 7. The fourth-order valence-corrected chi connectivity index (χ4v) is 7.13. The maximum atomic E-state index is 11.7. The van der Waals surface area contributed by atoms with Crippen LogP contribution in [0.4, 0.5) is 5.82 Å². The van der Waals surface area contributed by atoms with Crippen LogP contribution in [0.5, 0.6) is 5.75 Å². The van der Waals surface area contributed by atoms with E-state index in [1.54, 1.807) is 7.11 Å². The second kappa shape index (κ2) is 13.7. The number of piperidine rings is 1. The number of benzene rings is 2. The molecule has 3 aliphatic heterocycles. The van der Waals surface area contributed by atoms with Crippen molar-refractivity contribution < 1.29 is 24.1 Å². The Morgan fingerprint density at radius 2 is 1.93 bits per heavy atom. The number of fused-ring (bicyclic) bond motifs is 1. The summed E-state index contributed by atoms with van der Waals surface area (Å²) < 4.78 is 17.7. The van der Waals surface area contributed by atoms with Gasteiger partial charge in [-0.1, -0.05) is 36.8 Å². The summed E-state index contributed by atoms with van der Waals surface area (Å²) in [6, 6.07) is 17.6. The molecule has 3 aliphatic rings. The van der Waals surface area contributed by atoms with Gasteiger partial charge in [0.15, 0.2) is 0 Å². The highest BCUT2D eigenvalue weighted by Gasteiger charge is 2.35. The third-order valence-corrected chi connectivity index (χ3v) is 9.66. The Hall–Kier alpha value is -3.46. The number of aliphatic carboxylic acids is 1. The first-order valence-electron chi connectivity index (χ1n) is 16.1. The second-order valence-corrected chi connectivity index (χ2v) is 12.4. The quantitative estimate of drug-likeness (QED) is 0.337. The van der Waals surface area contributed by atoms with E-state index in [1.807, 2.05) is 24.3 Å². The van der Waals surface area contributed by atoms with Crippen molar-refractivity contribution >= 4 is 11.8 Å². The van der Waals surface area contributed by atoms with Gasteiger partial charge in [0.2, 0.25) is 0 Å². The Labute approximate surface area is 260 Å². The van der Waals surface area contributed by atoms with Crippen LogP contribution in [-0.2, 0) is 40.3 Å². The highest BCUT2D eigenvalue weighted by atomic mass is 16.5. The zero-order valence-corrected chi connectivity index (χ0v) is 26.3. The number of ether oxygens (including phenoxy) is 3. The number of nitrogens with zero attached hydrogens (tertiary/aromatic N) is 3. The number of rotatable bonds is 9. The second-order valence-electron chi connectivity index (χ2n) is 12.4. The van der Waals surface area contributed by atoms with Crippen molar-refractivity contribution in [3.8, 4) is 17.0 Å². The minimum absolute atomic E-state index is 0.376. The summed E-state index contributed by atoms with van der Waals surface area (Å²) in [5.41, 5.74) is 8.54. The molecule has 2 aromatic carbocycles. The predicted octanol–water partition coefficient (Wildman–Crippen LogP) is 5.66. The van der Waals surface area contributed by atoms with Gasteiger partial charge in [-0.2, -0.15) is 0 Å². The summed E-state index contributed by atoms with van der Waals surface area (Å²) in [6.45, 7) is 9.85. The average molecular weight is 600 g/mol. The summed E-state index contributed by atoms with van der Waals surface area (Å²) in [5.74, 6) is 0.319. The van der Waals surface area contributed by atoms with Crippen LogP contribution in [-0.4, -0.2) is 73.1 Å². The third kappa shape index (κ3) is 6.63. The number of aryl methyl sites for hydroxylation is 2. The molecule has 4 heterocycles. The van der Waals surface area contributed by atoms with Gasteiger partial charge in [-0.25, -0.2) is 4.98 Å². The van der Waals surface area contributed by atoms with Gasteiger partial charge in [-0.15, -0.1) is 0 Å². The SMILES string of the molecule is CCc1cc(COc2ccc(C)cc2-c2cccc(N3CC[C@H](C(=O)O)[C@H](OC)C3)n2)cc2c1CN(C1CCOCC1)CC2. The smallest absolute Gasteiger partial charge is 0.309 e. The van der Waals surface area contributed by atoms with Crippen LogP contribution >= 0.6 is 0 Å². The number of aromatic nitrogens is 1. The largest absolute Gasteiger partial charge is 0.488 e. The Balaban J connectivity index is 1.19. The average Bonchev–Trinajstić information content (AvgIpc) is 3.07. The van der Waals surface area contributed by atoms with E-state index in [1.165, 1.54) is 22.3 Å². The summed E-state index contributed by atoms with van der Waals surface area (Å²) in [6.07, 6.45) is 4.50. The molecule has 3 aromatic rings. The highest BCUT2D eigenvalue weighted by Crippen LogP contribution is 2.34. The monoisotopic (exact) mass is 599 g/mol. The van der Waals surface area contributed by atoms with Crippen molar-refractivity contribution in [1.29, 1.82) is 0 Å². The number of pyridine rings is 1. The van der Waals surface area contributed by atoms with Gasteiger partial charge >= 0.3 is 5.97 Å². The maximum Gasteiger partial charge on any atom is 0.309 e. The van der Waals surface area contributed by atoms with Crippen molar-refractivity contribution in [2.24, 2.45) is 5.92 Å². The van der Waals surface area contributed by atoms with Crippen molar-refractivity contribution in [1.82, 2.24) is 9.88 Å². The fourth-order valence-electron chi connectivity index (χ4n) is 7.13. The lowest BCUT2D eigenvalue weighted by Gasteiger charge is -2.38. The van der Waals surface area contributed by atoms with E-state index in [4.69, 9.17) is 19.2 Å². The van der Waals surface area contributed by atoms with E-state index < -0.39 is 11.9 Å². The molecule has 1 aromatic heterocycles. The number of hydrogen-bond donors (Lipinski definition) is 1. The first-order valence-corrected chi connectivity index (χ1v) is 16.1. The zero-order chi connectivity index (χ0) is 30.6. The lowest BCUT2D eigenvalue weighted by Crippen LogP contribution is -2.47. The first-order chi connectivity index (χ1) is 21.4. The lowest BCUT2D eigenvalue weighted by molar-refractivity contribution is -0.147. The van der Waals surface area contributed by atoms with Crippen molar-refractivity contribution in [2.45, 2.75) is 71.2 Å². The number of carboxylic acids is 1. The number of carboxylic acid groups (broad SMARTS) is 1. The van der Waals surface area contributed by atoms with Gasteiger partial charge in [0.1, 0.15) is 18.2 Å². The van der Waals surface area contributed by atoms with E-state index in [-0.39, 0.29) is 6.10 Å². The van der Waals surface area contributed by atoms with Gasteiger partial charge < -0.3 is 24.2 Å². The molecule has 1 N–H and O–H groups in total. The Kier molecular flexibility index (Phi) is 9.50. The van der Waals surface area contributed by atoms with Crippen LogP contribution in [0.3, 0.4) is 0 Å². The normalized spacial score (nSPS) is 21.2. The molecule has 0 spiro atoms. The summed E-state index contributed by atoms with van der Waals surface area (Å²) in [4.78, 5) is 21.5. The Bertz CT molecular complexity index is 1450. The van der Waals surface area contributed by atoms with E-state index >= 15 is 0 Å². The molecule has 2 atom stereocenters. The summed E-state index contributed by atoms with van der Waals surface area (Å²) >= 11 is 0. The predicted molar refractivity (Wildman–Crippen MR) is 171 cm³/mol. The summed E-state index contributed by atoms with van der Waals surface area (Å²) in [7, 11) is 1.58. The summed E-state index contributed by atoms with van der Waals surface area (Å²) in [5, 5.41) is 9.59. The van der Waals surface area contributed by atoms with Crippen molar-refractivity contribution in [3.63, 3.8) is 0 Å². The molecule has 234 valence electrons. The van der Waals surface area contributed by atoms with Gasteiger partial charge in [-0.05, 0) is 85.5 Å². The molecule has 6 rings (SSSR count). The van der Waals surface area contributed by atoms with E-state index in [9.17, 15) is 9.90 Å². The van der Waals surface area contributed by atoms with E-state index in [0.717, 1.165) is 80.4 Å². The minimum atomic E-state index is -0.804. The van der Waals surface area contributed by atoms with Crippen LogP contribution < -0.4 is 9.64 Å². The molecule has 0 radical (unpaired) electrons. The van der Waals surface area contributed by atoms with Crippen molar-refractivity contribution in [2.75, 3.05) is 44.9 Å². The molecular weight excluding hydrogens is 554 g/mol. The van der Waals surface area contributed by atoms with Gasteiger partial charge in [-0.3, -0.25) is 9.69 Å². The molecule has 2 saturated heterocycles. The first kappa shape index (κ1) is 30.6. The van der Waals surface area contributed by atoms with E-state index in [0.29, 0.717) is 32.2 Å². The number of anilines is 1. The molecule has 0 amide bonds. The number of methoxy groups -OCH3 is 1. The van der Waals surface area contributed by atoms with Crippen LogP contribution in [0.2, 0.25) is 0 Å². The minimum Gasteiger partial charge on any atom is -0.488 e. The van der Waals surface area contributed by atoms with E-state index in [2.05, 4.69) is 47.9 Å². The molecular formula is C36H45N3O5. The topological polar surface area (TPSA) is 84.4 Å². The van der Waals surface area contributed by atoms with Crippen molar-refractivity contribution in [3.05, 3.63) is 76.3 Å². The molecule has 44 heavy (non-hydrogen) atoms. The number of carbonyl (C=O) groups is 1. The van der Waals surface area contributed by atoms with Crippen LogP contribution in [0.25, 0.3) is 11.3 Å². The molecule has 0 bridgehead atoms. The van der Waals surface area contributed by atoms with Gasteiger partial charge in [0, 0.05) is 58.1 Å². The third-order valence-electron chi connectivity index (χ3n) is 9.66. The molecule has 8 nitrogen and oxygen atoms in total. The molecule has 2 fully saturated rings.